The summed E-state index contributed by atoms with van der Waals surface area (Å²) in [6.45, 7) is 7.32. The number of aromatic nitrogens is 1. The standard InChI is InChI=1S/C21H28ClN5O/c1-15-14-27(9-10-28-15)20-11-17(7-8-24-20)13-25-21(23-3)26-16(2)18-5-4-6-19(22)12-18/h4-8,11-12,15-16H,9-10,13-14H2,1-3H3,(H2,23,25,26). The summed E-state index contributed by atoms with van der Waals surface area (Å²) in [7, 11) is 1.77. The first-order valence-electron chi connectivity index (χ1n) is 9.59. The number of guanidine groups is 1. The number of nitrogens with zero attached hydrogens (tertiary/aromatic N) is 3. The smallest absolute Gasteiger partial charge is 0.191 e. The molecule has 0 aliphatic carbocycles. The third-order valence-electron chi connectivity index (χ3n) is 4.76. The van der Waals surface area contributed by atoms with E-state index in [-0.39, 0.29) is 12.1 Å². The van der Waals surface area contributed by atoms with Crippen LogP contribution >= 0.6 is 11.6 Å². The molecule has 2 unspecified atom stereocenters. The average Bonchev–Trinajstić information content (AvgIpc) is 2.71. The van der Waals surface area contributed by atoms with Crippen molar-refractivity contribution in [1.82, 2.24) is 15.6 Å². The normalized spacial score (nSPS) is 18.6. The first-order chi connectivity index (χ1) is 13.5. The second-order valence-electron chi connectivity index (χ2n) is 7.00. The Morgan fingerprint density at radius 1 is 1.39 bits per heavy atom. The molecule has 0 spiro atoms. The van der Waals surface area contributed by atoms with E-state index in [1.165, 1.54) is 0 Å². The number of pyridine rings is 1. The quantitative estimate of drug-likeness (QED) is 0.594. The highest BCUT2D eigenvalue weighted by Gasteiger charge is 2.18. The second-order valence-corrected chi connectivity index (χ2v) is 7.43. The summed E-state index contributed by atoms with van der Waals surface area (Å²) < 4.78 is 5.62. The van der Waals surface area contributed by atoms with E-state index in [1.807, 2.05) is 30.5 Å². The van der Waals surface area contributed by atoms with Crippen LogP contribution in [0.3, 0.4) is 0 Å². The van der Waals surface area contributed by atoms with Crippen LogP contribution in [0.5, 0.6) is 0 Å². The SMILES string of the molecule is CN=C(NCc1ccnc(N2CCOC(C)C2)c1)NC(C)c1cccc(Cl)c1. The Morgan fingerprint density at radius 3 is 3.00 bits per heavy atom. The summed E-state index contributed by atoms with van der Waals surface area (Å²) in [6, 6.07) is 12.1. The number of ether oxygens (including phenoxy) is 1. The number of benzene rings is 1. The number of rotatable bonds is 5. The van der Waals surface area contributed by atoms with Crippen LogP contribution in [0, 0.1) is 0 Å². The van der Waals surface area contributed by atoms with Gasteiger partial charge < -0.3 is 20.3 Å². The van der Waals surface area contributed by atoms with Crippen molar-refractivity contribution in [2.45, 2.75) is 32.5 Å². The van der Waals surface area contributed by atoms with Crippen molar-refractivity contribution in [1.29, 1.82) is 0 Å². The molecule has 150 valence electrons. The minimum Gasteiger partial charge on any atom is -0.375 e. The van der Waals surface area contributed by atoms with E-state index in [2.05, 4.69) is 51.5 Å². The van der Waals surface area contributed by atoms with E-state index >= 15 is 0 Å². The Bertz CT molecular complexity index is 813. The van der Waals surface area contributed by atoms with Crippen molar-refractivity contribution < 1.29 is 4.74 Å². The lowest BCUT2D eigenvalue weighted by molar-refractivity contribution is 0.0529. The molecule has 0 saturated carbocycles. The highest BCUT2D eigenvalue weighted by Crippen LogP contribution is 2.18. The minimum absolute atomic E-state index is 0.0905. The fraction of sp³-hybridized carbons (Fsp3) is 0.429. The molecule has 2 N–H and O–H groups in total. The van der Waals surface area contributed by atoms with Crippen LogP contribution in [0.25, 0.3) is 0 Å². The molecule has 1 fully saturated rings. The molecule has 0 amide bonds. The molecule has 1 aromatic carbocycles. The van der Waals surface area contributed by atoms with Gasteiger partial charge in [-0.1, -0.05) is 23.7 Å². The van der Waals surface area contributed by atoms with Gasteiger partial charge in [-0.3, -0.25) is 4.99 Å². The van der Waals surface area contributed by atoms with Crippen molar-refractivity contribution in [3.63, 3.8) is 0 Å². The van der Waals surface area contributed by atoms with E-state index in [4.69, 9.17) is 16.3 Å². The molecule has 2 aromatic rings. The fourth-order valence-corrected chi connectivity index (χ4v) is 3.41. The van der Waals surface area contributed by atoms with E-state index in [9.17, 15) is 0 Å². The molecular weight excluding hydrogens is 374 g/mol. The summed E-state index contributed by atoms with van der Waals surface area (Å²) in [5, 5.41) is 7.51. The summed E-state index contributed by atoms with van der Waals surface area (Å²) in [5.41, 5.74) is 2.27. The van der Waals surface area contributed by atoms with Gasteiger partial charge in [-0.25, -0.2) is 4.98 Å². The zero-order valence-corrected chi connectivity index (χ0v) is 17.4. The third kappa shape index (κ3) is 5.59. The van der Waals surface area contributed by atoms with Gasteiger partial charge in [0.2, 0.25) is 0 Å². The first kappa shape index (κ1) is 20.4. The molecular formula is C21H28ClN5O. The zero-order chi connectivity index (χ0) is 19.9. The lowest BCUT2D eigenvalue weighted by Gasteiger charge is -2.32. The van der Waals surface area contributed by atoms with Gasteiger partial charge in [0.1, 0.15) is 5.82 Å². The summed E-state index contributed by atoms with van der Waals surface area (Å²) in [6.07, 6.45) is 2.09. The van der Waals surface area contributed by atoms with Crippen LogP contribution < -0.4 is 15.5 Å². The van der Waals surface area contributed by atoms with Crippen LogP contribution in [-0.2, 0) is 11.3 Å². The maximum Gasteiger partial charge on any atom is 0.191 e. The fourth-order valence-electron chi connectivity index (χ4n) is 3.21. The number of halogens is 1. The molecule has 0 radical (unpaired) electrons. The van der Waals surface area contributed by atoms with Crippen LogP contribution in [-0.4, -0.2) is 43.8 Å². The molecule has 1 saturated heterocycles. The van der Waals surface area contributed by atoms with Gasteiger partial charge in [0, 0.05) is 37.9 Å². The molecule has 1 aliphatic heterocycles. The van der Waals surface area contributed by atoms with E-state index in [0.29, 0.717) is 6.54 Å². The summed E-state index contributed by atoms with van der Waals surface area (Å²) >= 11 is 6.10. The van der Waals surface area contributed by atoms with Gasteiger partial charge in [-0.05, 0) is 49.2 Å². The monoisotopic (exact) mass is 401 g/mol. The Balaban J connectivity index is 1.58. The predicted octanol–water partition coefficient (Wildman–Crippen LogP) is 3.39. The van der Waals surface area contributed by atoms with Gasteiger partial charge in [0.05, 0.1) is 18.8 Å². The van der Waals surface area contributed by atoms with Crippen LogP contribution in [0.4, 0.5) is 5.82 Å². The maximum atomic E-state index is 6.10. The van der Waals surface area contributed by atoms with Crippen LogP contribution in [0.2, 0.25) is 5.02 Å². The van der Waals surface area contributed by atoms with Gasteiger partial charge >= 0.3 is 0 Å². The Labute approximate surface area is 172 Å². The van der Waals surface area contributed by atoms with E-state index in [1.54, 1.807) is 7.05 Å². The van der Waals surface area contributed by atoms with Crippen molar-refractivity contribution in [3.05, 3.63) is 58.7 Å². The number of aliphatic imine (C=N–C) groups is 1. The summed E-state index contributed by atoms with van der Waals surface area (Å²) in [4.78, 5) is 11.1. The number of morpholine rings is 1. The third-order valence-corrected chi connectivity index (χ3v) is 5.00. The van der Waals surface area contributed by atoms with Crippen molar-refractivity contribution in [2.24, 2.45) is 4.99 Å². The largest absolute Gasteiger partial charge is 0.375 e. The zero-order valence-electron chi connectivity index (χ0n) is 16.7. The molecule has 7 heteroatoms. The Kier molecular flexibility index (Phi) is 7.12. The molecule has 1 aromatic heterocycles. The average molecular weight is 402 g/mol. The number of hydrogen-bond donors (Lipinski definition) is 2. The van der Waals surface area contributed by atoms with Crippen LogP contribution in [0.1, 0.15) is 31.0 Å². The lowest BCUT2D eigenvalue weighted by atomic mass is 10.1. The summed E-state index contributed by atoms with van der Waals surface area (Å²) in [5.74, 6) is 1.73. The molecule has 3 rings (SSSR count). The Morgan fingerprint density at radius 2 is 2.25 bits per heavy atom. The van der Waals surface area contributed by atoms with Crippen molar-refractivity contribution in [3.8, 4) is 0 Å². The molecule has 2 atom stereocenters. The molecule has 1 aliphatic rings. The maximum absolute atomic E-state index is 6.10. The van der Waals surface area contributed by atoms with Crippen molar-refractivity contribution in [2.75, 3.05) is 31.6 Å². The van der Waals surface area contributed by atoms with E-state index in [0.717, 1.165) is 47.6 Å². The highest BCUT2D eigenvalue weighted by molar-refractivity contribution is 6.30. The van der Waals surface area contributed by atoms with Crippen LogP contribution in [0.15, 0.2) is 47.6 Å². The number of anilines is 1. The Hall–Kier alpha value is -2.31. The van der Waals surface area contributed by atoms with Gasteiger partial charge in [-0.15, -0.1) is 0 Å². The number of hydrogen-bond acceptors (Lipinski definition) is 4. The minimum atomic E-state index is 0.0905. The molecule has 6 nitrogen and oxygen atoms in total. The molecule has 2 heterocycles. The van der Waals surface area contributed by atoms with Gasteiger partial charge in [-0.2, -0.15) is 0 Å². The highest BCUT2D eigenvalue weighted by atomic mass is 35.5. The topological polar surface area (TPSA) is 61.8 Å². The van der Waals surface area contributed by atoms with E-state index < -0.39 is 0 Å². The lowest BCUT2D eigenvalue weighted by Crippen LogP contribution is -2.41. The van der Waals surface area contributed by atoms with Gasteiger partial charge in [0.25, 0.3) is 0 Å². The predicted molar refractivity (Wildman–Crippen MR) is 115 cm³/mol. The van der Waals surface area contributed by atoms with Gasteiger partial charge in [0.15, 0.2) is 5.96 Å². The van der Waals surface area contributed by atoms with Crippen molar-refractivity contribution >= 4 is 23.4 Å². The molecule has 0 bridgehead atoms. The molecule has 28 heavy (non-hydrogen) atoms. The first-order valence-corrected chi connectivity index (χ1v) is 9.97. The number of nitrogens with one attached hydrogen (secondary N) is 2. The second kappa shape index (κ2) is 9.75.